The summed E-state index contributed by atoms with van der Waals surface area (Å²) in [5.74, 6) is -0.234. The van der Waals surface area contributed by atoms with E-state index in [0.717, 1.165) is 6.42 Å². The zero-order chi connectivity index (χ0) is 11.1. The third-order valence-corrected chi connectivity index (χ3v) is 2.50. The number of nitrogens with zero attached hydrogens (tertiary/aromatic N) is 1. The Bertz CT molecular complexity index is 174. The lowest BCUT2D eigenvalue weighted by Crippen LogP contribution is -2.36. The smallest absolute Gasteiger partial charge is 0.309 e. The normalized spacial score (nSPS) is 15.3. The number of ether oxygens (including phenoxy) is 1. The Balaban J connectivity index is 3.91. The molecule has 0 aliphatic rings. The molecule has 0 aliphatic heterocycles. The number of hydrogen-bond acceptors (Lipinski definition) is 4. The second kappa shape index (κ2) is 6.79. The van der Waals surface area contributed by atoms with Gasteiger partial charge in [0.1, 0.15) is 0 Å². The quantitative estimate of drug-likeness (QED) is 0.636. The molecule has 2 atom stereocenters. The molecule has 0 rings (SSSR count). The van der Waals surface area contributed by atoms with Crippen LogP contribution in [0.5, 0.6) is 0 Å². The first-order valence-corrected chi connectivity index (χ1v) is 5.01. The lowest BCUT2D eigenvalue weighted by atomic mass is 10.1. The summed E-state index contributed by atoms with van der Waals surface area (Å²) < 4.78 is 4.66. The average molecular weight is 202 g/mol. The Morgan fingerprint density at radius 2 is 2.07 bits per heavy atom. The van der Waals surface area contributed by atoms with Crippen molar-refractivity contribution in [3.05, 3.63) is 0 Å². The van der Waals surface area contributed by atoms with Gasteiger partial charge in [0.25, 0.3) is 0 Å². The van der Waals surface area contributed by atoms with Crippen LogP contribution in [-0.4, -0.2) is 44.2 Å². The van der Waals surface area contributed by atoms with Crippen molar-refractivity contribution in [2.75, 3.05) is 27.2 Å². The zero-order valence-electron chi connectivity index (χ0n) is 9.62. The molecule has 0 bridgehead atoms. The van der Waals surface area contributed by atoms with E-state index in [1.807, 2.05) is 14.0 Å². The van der Waals surface area contributed by atoms with Crippen LogP contribution in [0.15, 0.2) is 0 Å². The number of methoxy groups -OCH3 is 1. The third kappa shape index (κ3) is 4.58. The van der Waals surface area contributed by atoms with Crippen LogP contribution < -0.4 is 5.73 Å². The van der Waals surface area contributed by atoms with Crippen LogP contribution in [0.3, 0.4) is 0 Å². The molecule has 84 valence electrons. The van der Waals surface area contributed by atoms with E-state index in [1.54, 1.807) is 0 Å². The summed E-state index contributed by atoms with van der Waals surface area (Å²) >= 11 is 0. The highest BCUT2D eigenvalue weighted by Crippen LogP contribution is 2.05. The highest BCUT2D eigenvalue weighted by molar-refractivity contribution is 5.72. The van der Waals surface area contributed by atoms with Crippen LogP contribution in [0.4, 0.5) is 0 Å². The second-order valence-electron chi connectivity index (χ2n) is 3.79. The maximum atomic E-state index is 11.2. The first-order valence-electron chi connectivity index (χ1n) is 5.01. The van der Waals surface area contributed by atoms with Gasteiger partial charge in [-0.05, 0) is 26.9 Å². The van der Waals surface area contributed by atoms with E-state index in [4.69, 9.17) is 5.73 Å². The van der Waals surface area contributed by atoms with Gasteiger partial charge in [-0.1, -0.05) is 6.92 Å². The molecule has 0 spiro atoms. The Hall–Kier alpha value is -0.610. The summed E-state index contributed by atoms with van der Waals surface area (Å²) in [5, 5.41) is 0. The molecule has 2 N–H and O–H groups in total. The van der Waals surface area contributed by atoms with E-state index < -0.39 is 0 Å². The number of carbonyl (C=O) groups excluding carboxylic acids is 1. The van der Waals surface area contributed by atoms with Crippen LogP contribution >= 0.6 is 0 Å². The number of carbonyl (C=O) groups is 1. The summed E-state index contributed by atoms with van der Waals surface area (Å²) in [6.45, 7) is 5.38. The average Bonchev–Trinajstić information content (AvgIpc) is 2.16. The molecule has 2 unspecified atom stereocenters. The highest BCUT2D eigenvalue weighted by Gasteiger charge is 2.17. The highest BCUT2D eigenvalue weighted by atomic mass is 16.5. The fourth-order valence-electron chi connectivity index (χ4n) is 1.35. The molecular formula is C10H22N2O2. The van der Waals surface area contributed by atoms with E-state index in [0.29, 0.717) is 19.1 Å². The van der Waals surface area contributed by atoms with Gasteiger partial charge < -0.3 is 15.4 Å². The van der Waals surface area contributed by atoms with Gasteiger partial charge in [0.05, 0.1) is 13.0 Å². The van der Waals surface area contributed by atoms with Crippen LogP contribution in [0.1, 0.15) is 20.3 Å². The summed E-state index contributed by atoms with van der Waals surface area (Å²) in [4.78, 5) is 13.3. The van der Waals surface area contributed by atoms with E-state index in [2.05, 4.69) is 16.6 Å². The Kier molecular flexibility index (Phi) is 6.49. The molecule has 0 aromatic heterocycles. The van der Waals surface area contributed by atoms with Gasteiger partial charge in [-0.2, -0.15) is 0 Å². The van der Waals surface area contributed by atoms with Gasteiger partial charge in [-0.15, -0.1) is 0 Å². The van der Waals surface area contributed by atoms with Crippen molar-refractivity contribution in [3.8, 4) is 0 Å². The van der Waals surface area contributed by atoms with Crippen LogP contribution in [0, 0.1) is 5.92 Å². The summed E-state index contributed by atoms with van der Waals surface area (Å²) in [5.41, 5.74) is 5.47. The number of rotatable bonds is 6. The van der Waals surface area contributed by atoms with Gasteiger partial charge in [0.15, 0.2) is 0 Å². The van der Waals surface area contributed by atoms with Crippen molar-refractivity contribution in [2.45, 2.75) is 26.3 Å². The van der Waals surface area contributed by atoms with Crippen molar-refractivity contribution in [3.63, 3.8) is 0 Å². The Morgan fingerprint density at radius 1 is 1.50 bits per heavy atom. The first-order chi connectivity index (χ1) is 6.52. The van der Waals surface area contributed by atoms with Crippen molar-refractivity contribution >= 4 is 5.97 Å². The largest absolute Gasteiger partial charge is 0.469 e. The molecular weight excluding hydrogens is 180 g/mol. The van der Waals surface area contributed by atoms with Gasteiger partial charge in [-0.25, -0.2) is 0 Å². The molecule has 0 aromatic carbocycles. The lowest BCUT2D eigenvalue weighted by molar-refractivity contribution is -0.145. The number of hydrogen-bond donors (Lipinski definition) is 1. The lowest BCUT2D eigenvalue weighted by Gasteiger charge is -2.26. The second-order valence-corrected chi connectivity index (χ2v) is 3.79. The van der Waals surface area contributed by atoms with Gasteiger partial charge in [0.2, 0.25) is 0 Å². The molecule has 0 heterocycles. The zero-order valence-corrected chi connectivity index (χ0v) is 9.62. The molecule has 0 radical (unpaired) electrons. The molecule has 4 nitrogen and oxygen atoms in total. The molecule has 0 amide bonds. The standard InChI is InChI=1S/C10H22N2O2/c1-8(10(13)14-4)7-12(3)9(2)5-6-11/h8-9H,5-7,11H2,1-4H3. The van der Waals surface area contributed by atoms with Gasteiger partial charge in [-0.3, -0.25) is 4.79 Å². The topological polar surface area (TPSA) is 55.6 Å². The fraction of sp³-hybridized carbons (Fsp3) is 0.900. The minimum atomic E-state index is -0.156. The minimum Gasteiger partial charge on any atom is -0.469 e. The predicted octanol–water partition coefficient (Wildman–Crippen LogP) is 0.465. The van der Waals surface area contributed by atoms with Crippen LogP contribution in [-0.2, 0) is 9.53 Å². The minimum absolute atomic E-state index is 0.0785. The molecule has 0 fully saturated rings. The van der Waals surface area contributed by atoms with Crippen molar-refractivity contribution in [1.29, 1.82) is 0 Å². The van der Waals surface area contributed by atoms with Crippen molar-refractivity contribution in [1.82, 2.24) is 4.90 Å². The number of nitrogens with two attached hydrogens (primary N) is 1. The maximum absolute atomic E-state index is 11.2. The van der Waals surface area contributed by atoms with Crippen molar-refractivity contribution in [2.24, 2.45) is 11.7 Å². The van der Waals surface area contributed by atoms with Crippen molar-refractivity contribution < 1.29 is 9.53 Å². The van der Waals surface area contributed by atoms with Crippen LogP contribution in [0.25, 0.3) is 0 Å². The molecule has 0 saturated carbocycles. The summed E-state index contributed by atoms with van der Waals surface area (Å²) in [6.07, 6.45) is 0.949. The van der Waals surface area contributed by atoms with Crippen LogP contribution in [0.2, 0.25) is 0 Å². The molecule has 0 aliphatic carbocycles. The summed E-state index contributed by atoms with van der Waals surface area (Å²) in [6, 6.07) is 0.409. The molecule has 14 heavy (non-hydrogen) atoms. The summed E-state index contributed by atoms with van der Waals surface area (Å²) in [7, 11) is 3.42. The molecule has 0 saturated heterocycles. The molecule has 0 aromatic rings. The first kappa shape index (κ1) is 13.4. The van der Waals surface area contributed by atoms with E-state index in [1.165, 1.54) is 7.11 Å². The maximum Gasteiger partial charge on any atom is 0.309 e. The fourth-order valence-corrected chi connectivity index (χ4v) is 1.35. The van der Waals surface area contributed by atoms with E-state index in [-0.39, 0.29) is 11.9 Å². The van der Waals surface area contributed by atoms with Gasteiger partial charge in [0, 0.05) is 12.6 Å². The van der Waals surface area contributed by atoms with Gasteiger partial charge >= 0.3 is 5.97 Å². The third-order valence-electron chi connectivity index (χ3n) is 2.50. The molecule has 4 heteroatoms. The number of esters is 1. The monoisotopic (exact) mass is 202 g/mol. The SMILES string of the molecule is COC(=O)C(C)CN(C)C(C)CCN. The predicted molar refractivity (Wildman–Crippen MR) is 56.9 cm³/mol. The van der Waals surface area contributed by atoms with E-state index in [9.17, 15) is 4.79 Å². The Labute approximate surface area is 86.4 Å². The van der Waals surface area contributed by atoms with E-state index >= 15 is 0 Å². The Morgan fingerprint density at radius 3 is 2.50 bits per heavy atom.